The fraction of sp³-hybridized carbons (Fsp3) is 0.455. The lowest BCUT2D eigenvalue weighted by atomic mass is 9.94. The third-order valence-electron chi connectivity index (χ3n) is 1.87. The molecule has 0 aliphatic heterocycles. The monoisotopic (exact) mass is 271 g/mol. The average Bonchev–Trinajstić information content (AvgIpc) is 2.75. The first-order valence-corrected chi connectivity index (χ1v) is 6.38. The molecule has 2 aromatic rings. The molecule has 0 aromatic carbocycles. The molecule has 2 heterocycles. The van der Waals surface area contributed by atoms with Crippen LogP contribution in [0, 0.1) is 6.92 Å². The smallest absolute Gasteiger partial charge is 0.191 e. The summed E-state index contributed by atoms with van der Waals surface area (Å²) in [5, 5.41) is 0.574. The molecule has 0 aliphatic carbocycles. The molecule has 0 spiro atoms. The first-order chi connectivity index (χ1) is 7.79. The molecule has 2 N–H and O–H groups in total. The van der Waals surface area contributed by atoms with Crippen LogP contribution in [0.4, 0.5) is 5.13 Å². The fourth-order valence-electron chi connectivity index (χ4n) is 0.987. The number of hydrogen-bond acceptors (Lipinski definition) is 6. The van der Waals surface area contributed by atoms with Crippen molar-refractivity contribution in [1.82, 2.24) is 9.97 Å². The molecule has 94 valence electrons. The largest absolute Gasteiger partial charge is 0.445 e. The van der Waals surface area contributed by atoms with Crippen molar-refractivity contribution < 1.29 is 4.42 Å². The molecule has 0 aliphatic rings. The molecule has 2 aromatic heterocycles. The van der Waals surface area contributed by atoms with Gasteiger partial charge in [-0.3, -0.25) is 0 Å². The number of nitrogens with two attached hydrogens (primary N) is 1. The topological polar surface area (TPSA) is 64.9 Å². The summed E-state index contributed by atoms with van der Waals surface area (Å²) in [6, 6.07) is 0. The van der Waals surface area contributed by atoms with E-state index >= 15 is 0 Å². The number of thiol groups is 1. The summed E-state index contributed by atoms with van der Waals surface area (Å²) in [4.78, 5) is 7.75. The number of aromatic nitrogens is 2. The molecule has 0 atom stereocenters. The van der Waals surface area contributed by atoms with E-state index in [4.69, 9.17) is 10.2 Å². The van der Waals surface area contributed by atoms with Crippen LogP contribution in [-0.4, -0.2) is 9.97 Å². The van der Waals surface area contributed by atoms with Crippen molar-refractivity contribution in [3.05, 3.63) is 24.0 Å². The minimum Gasteiger partial charge on any atom is -0.445 e. The molecule has 0 radical (unpaired) electrons. The Balaban J connectivity index is 0.000000181. The predicted molar refractivity (Wildman–Crippen MR) is 73.7 cm³/mol. The van der Waals surface area contributed by atoms with Gasteiger partial charge in [-0.25, -0.2) is 9.97 Å². The Morgan fingerprint density at radius 2 is 1.94 bits per heavy atom. The second kappa shape index (κ2) is 5.55. The van der Waals surface area contributed by atoms with E-state index in [0.717, 1.165) is 15.9 Å². The van der Waals surface area contributed by atoms with E-state index in [1.807, 2.05) is 6.92 Å². The quantitative estimate of drug-likeness (QED) is 0.722. The molecule has 0 fully saturated rings. The first kappa shape index (κ1) is 14.1. The van der Waals surface area contributed by atoms with Crippen molar-refractivity contribution in [3.63, 3.8) is 0 Å². The Morgan fingerprint density at radius 1 is 1.29 bits per heavy atom. The third-order valence-corrected chi connectivity index (χ3v) is 2.89. The van der Waals surface area contributed by atoms with Crippen molar-refractivity contribution >= 4 is 29.1 Å². The van der Waals surface area contributed by atoms with Crippen molar-refractivity contribution in [1.29, 1.82) is 0 Å². The second-order valence-electron chi connectivity index (χ2n) is 4.53. The number of rotatable bonds is 0. The maximum Gasteiger partial charge on any atom is 0.191 e. The van der Waals surface area contributed by atoms with E-state index in [9.17, 15) is 0 Å². The van der Waals surface area contributed by atoms with Crippen LogP contribution in [0.3, 0.4) is 0 Å². The molecule has 0 unspecified atom stereocenters. The lowest BCUT2D eigenvalue weighted by Crippen LogP contribution is -2.09. The van der Waals surface area contributed by atoms with Gasteiger partial charge in [-0.05, 0) is 0 Å². The number of hydrogen-bond donors (Lipinski definition) is 2. The second-order valence-corrected chi connectivity index (χ2v) is 6.38. The normalized spacial score (nSPS) is 10.9. The van der Waals surface area contributed by atoms with Gasteiger partial charge in [-0.15, -0.1) is 12.6 Å². The zero-order valence-corrected chi connectivity index (χ0v) is 12.1. The summed E-state index contributed by atoms with van der Waals surface area (Å²) in [6.07, 6.45) is 3.42. The molecule has 17 heavy (non-hydrogen) atoms. The van der Waals surface area contributed by atoms with Gasteiger partial charge in [0.1, 0.15) is 5.76 Å². The average molecular weight is 271 g/mol. The van der Waals surface area contributed by atoms with Gasteiger partial charge in [0.05, 0.1) is 16.6 Å². The maximum absolute atomic E-state index is 5.34. The zero-order valence-electron chi connectivity index (χ0n) is 10.4. The zero-order chi connectivity index (χ0) is 13.1. The van der Waals surface area contributed by atoms with Crippen molar-refractivity contribution in [2.45, 2.75) is 37.3 Å². The van der Waals surface area contributed by atoms with E-state index in [2.05, 4.69) is 43.4 Å². The minimum absolute atomic E-state index is 0.0846. The highest BCUT2D eigenvalue weighted by Gasteiger charge is 2.17. The van der Waals surface area contributed by atoms with Gasteiger partial charge in [0.15, 0.2) is 11.0 Å². The summed E-state index contributed by atoms with van der Waals surface area (Å²) in [7, 11) is 0. The number of nitrogens with zero attached hydrogens (tertiary/aromatic N) is 2. The SMILES string of the molecule is Cc1ncc(C(C)(C)C)o1.Nc1ncc(S)s1. The number of nitrogen functional groups attached to an aromatic ring is 1. The van der Waals surface area contributed by atoms with Crippen LogP contribution >= 0.6 is 24.0 Å². The van der Waals surface area contributed by atoms with Crippen LogP contribution in [-0.2, 0) is 5.41 Å². The Labute approximate surface area is 111 Å². The summed E-state index contributed by atoms with van der Waals surface area (Å²) in [5.41, 5.74) is 5.32. The Kier molecular flexibility index (Phi) is 4.59. The maximum atomic E-state index is 5.34. The standard InChI is InChI=1S/C8H13NO.C3H4N2S2/c1-6-9-5-7(10-6)8(2,3)4;4-3-5-1-2(6)7-3/h5H,1-4H3;1,6H,(H2,4,5). The van der Waals surface area contributed by atoms with E-state index in [0.29, 0.717) is 5.13 Å². The summed E-state index contributed by atoms with van der Waals surface area (Å²) < 4.78 is 6.20. The molecule has 0 bridgehead atoms. The summed E-state index contributed by atoms with van der Waals surface area (Å²) in [5.74, 6) is 1.69. The van der Waals surface area contributed by atoms with Crippen molar-refractivity contribution in [3.8, 4) is 0 Å². The molecule has 0 saturated heterocycles. The van der Waals surface area contributed by atoms with Gasteiger partial charge in [0, 0.05) is 12.3 Å². The van der Waals surface area contributed by atoms with Crippen LogP contribution in [0.1, 0.15) is 32.4 Å². The number of oxazole rings is 1. The van der Waals surface area contributed by atoms with Crippen LogP contribution in [0.25, 0.3) is 0 Å². The van der Waals surface area contributed by atoms with E-state index in [-0.39, 0.29) is 5.41 Å². The van der Waals surface area contributed by atoms with Crippen LogP contribution in [0.5, 0.6) is 0 Å². The van der Waals surface area contributed by atoms with E-state index < -0.39 is 0 Å². The van der Waals surface area contributed by atoms with Gasteiger partial charge < -0.3 is 10.2 Å². The minimum atomic E-state index is 0.0846. The lowest BCUT2D eigenvalue weighted by Gasteiger charge is -2.12. The highest BCUT2D eigenvalue weighted by molar-refractivity contribution is 7.83. The van der Waals surface area contributed by atoms with Gasteiger partial charge in [0.2, 0.25) is 0 Å². The molecule has 2 rings (SSSR count). The van der Waals surface area contributed by atoms with Gasteiger partial charge in [-0.1, -0.05) is 32.1 Å². The Hall–Kier alpha value is -1.01. The Morgan fingerprint density at radius 3 is 2.12 bits per heavy atom. The fourth-order valence-corrected chi connectivity index (χ4v) is 1.75. The summed E-state index contributed by atoms with van der Waals surface area (Å²) in [6.45, 7) is 8.17. The number of thiazole rings is 1. The van der Waals surface area contributed by atoms with Crippen molar-refractivity contribution in [2.24, 2.45) is 0 Å². The molecule has 6 heteroatoms. The molecule has 0 saturated carbocycles. The summed E-state index contributed by atoms with van der Waals surface area (Å²) >= 11 is 5.35. The number of aryl methyl sites for hydroxylation is 1. The van der Waals surface area contributed by atoms with Crippen LogP contribution in [0.2, 0.25) is 0 Å². The van der Waals surface area contributed by atoms with Gasteiger partial charge >= 0.3 is 0 Å². The van der Waals surface area contributed by atoms with Gasteiger partial charge in [-0.2, -0.15) is 0 Å². The highest BCUT2D eigenvalue weighted by atomic mass is 32.2. The predicted octanol–water partition coefficient (Wildman–Crippen LogP) is 3.29. The highest BCUT2D eigenvalue weighted by Crippen LogP contribution is 2.21. The first-order valence-electron chi connectivity index (χ1n) is 5.12. The third kappa shape index (κ3) is 4.79. The Bertz CT molecular complexity index is 455. The lowest BCUT2D eigenvalue weighted by molar-refractivity contribution is 0.392. The molecule has 0 amide bonds. The van der Waals surface area contributed by atoms with Crippen molar-refractivity contribution in [2.75, 3.05) is 5.73 Å². The number of anilines is 1. The van der Waals surface area contributed by atoms with E-state index in [1.165, 1.54) is 11.3 Å². The van der Waals surface area contributed by atoms with E-state index in [1.54, 1.807) is 12.4 Å². The molecular weight excluding hydrogens is 254 g/mol. The molecule has 4 nitrogen and oxygen atoms in total. The van der Waals surface area contributed by atoms with Gasteiger partial charge in [0.25, 0.3) is 0 Å². The van der Waals surface area contributed by atoms with Crippen LogP contribution in [0.15, 0.2) is 21.0 Å². The van der Waals surface area contributed by atoms with Crippen LogP contribution < -0.4 is 5.73 Å². The molecular formula is C11H17N3OS2.